The smallest absolute Gasteiger partial charge is 0.224 e. The average Bonchev–Trinajstić information content (AvgIpc) is 2.11. The largest absolute Gasteiger partial charge is 0.356 e. The summed E-state index contributed by atoms with van der Waals surface area (Å²) in [5, 5.41) is 3.00. The van der Waals surface area contributed by atoms with Crippen molar-refractivity contribution in [3.8, 4) is 0 Å². The van der Waals surface area contributed by atoms with Crippen molar-refractivity contribution in [2.45, 2.75) is 39.0 Å². The van der Waals surface area contributed by atoms with Crippen LogP contribution in [-0.2, 0) is 4.79 Å². The predicted molar refractivity (Wildman–Crippen MR) is 57.8 cm³/mol. The Labute approximate surface area is 86.4 Å². The fourth-order valence-electron chi connectivity index (χ4n) is 1.79. The summed E-state index contributed by atoms with van der Waals surface area (Å²) < 4.78 is 0. The van der Waals surface area contributed by atoms with Gasteiger partial charge in [0.25, 0.3) is 0 Å². The Hall–Kier alpha value is -0.570. The highest BCUT2D eigenvalue weighted by atomic mass is 16.1. The van der Waals surface area contributed by atoms with Crippen LogP contribution in [0, 0.1) is 11.8 Å². The minimum atomic E-state index is 0.0278. The number of hydrogen-bond acceptors (Lipinski definition) is 2. The topological polar surface area (TPSA) is 55.1 Å². The van der Waals surface area contributed by atoms with Crippen molar-refractivity contribution in [3.05, 3.63) is 0 Å². The third kappa shape index (κ3) is 3.29. The fraction of sp³-hybridized carbons (Fsp3) is 0.909. The van der Waals surface area contributed by atoms with Gasteiger partial charge in [0.05, 0.1) is 5.92 Å². The number of amides is 1. The zero-order valence-corrected chi connectivity index (χ0v) is 9.09. The highest BCUT2D eigenvalue weighted by Crippen LogP contribution is 2.25. The van der Waals surface area contributed by atoms with Crippen LogP contribution in [0.4, 0.5) is 0 Å². The lowest BCUT2D eigenvalue weighted by Gasteiger charge is -2.26. The van der Waals surface area contributed by atoms with E-state index in [2.05, 4.69) is 12.2 Å². The molecule has 3 heteroatoms. The van der Waals surface area contributed by atoms with Gasteiger partial charge in [0.2, 0.25) is 5.91 Å². The molecule has 0 radical (unpaired) electrons. The number of carbonyl (C=O) groups excluding carboxylic acids is 1. The van der Waals surface area contributed by atoms with Crippen LogP contribution in [0.1, 0.15) is 39.0 Å². The summed E-state index contributed by atoms with van der Waals surface area (Å²) in [6.45, 7) is 3.42. The molecule has 0 aromatic heterocycles. The Balaban J connectivity index is 2.16. The molecule has 0 aromatic carbocycles. The van der Waals surface area contributed by atoms with Gasteiger partial charge in [-0.2, -0.15) is 0 Å². The third-order valence-corrected chi connectivity index (χ3v) is 3.08. The minimum Gasteiger partial charge on any atom is -0.356 e. The van der Waals surface area contributed by atoms with Crippen molar-refractivity contribution < 1.29 is 4.79 Å². The maximum absolute atomic E-state index is 11.6. The maximum atomic E-state index is 11.6. The molecule has 1 aliphatic rings. The summed E-state index contributed by atoms with van der Waals surface area (Å²) in [6.07, 6.45) is 5.82. The molecular weight excluding hydrogens is 176 g/mol. The van der Waals surface area contributed by atoms with Gasteiger partial charge in [0.1, 0.15) is 0 Å². The molecule has 0 spiro atoms. The lowest BCUT2D eigenvalue weighted by molar-refractivity contribution is -0.125. The summed E-state index contributed by atoms with van der Waals surface area (Å²) in [7, 11) is 0. The van der Waals surface area contributed by atoms with Gasteiger partial charge >= 0.3 is 0 Å². The number of carbonyl (C=O) groups is 1. The van der Waals surface area contributed by atoms with Gasteiger partial charge in [0, 0.05) is 13.1 Å². The maximum Gasteiger partial charge on any atom is 0.224 e. The molecule has 1 fully saturated rings. The fourth-order valence-corrected chi connectivity index (χ4v) is 1.79. The van der Waals surface area contributed by atoms with Gasteiger partial charge in [0.15, 0.2) is 0 Å². The SMILES string of the molecule is CCCC(CN)C(=O)NCC1CCC1. The first-order valence-corrected chi connectivity index (χ1v) is 5.75. The van der Waals surface area contributed by atoms with Crippen LogP contribution in [-0.4, -0.2) is 19.0 Å². The second-order valence-corrected chi connectivity index (χ2v) is 4.26. The number of nitrogens with one attached hydrogen (secondary N) is 1. The van der Waals surface area contributed by atoms with Crippen molar-refractivity contribution in [2.75, 3.05) is 13.1 Å². The third-order valence-electron chi connectivity index (χ3n) is 3.08. The van der Waals surface area contributed by atoms with E-state index in [1.54, 1.807) is 0 Å². The van der Waals surface area contributed by atoms with Crippen molar-refractivity contribution in [1.82, 2.24) is 5.32 Å². The first kappa shape index (κ1) is 11.5. The molecule has 0 aliphatic heterocycles. The van der Waals surface area contributed by atoms with Crippen LogP contribution < -0.4 is 11.1 Å². The summed E-state index contributed by atoms with van der Waals surface area (Å²) in [5.41, 5.74) is 5.55. The molecule has 1 unspecified atom stereocenters. The van der Waals surface area contributed by atoms with Crippen LogP contribution in [0.25, 0.3) is 0 Å². The van der Waals surface area contributed by atoms with E-state index in [-0.39, 0.29) is 11.8 Å². The molecule has 0 bridgehead atoms. The Morgan fingerprint density at radius 3 is 2.71 bits per heavy atom. The second-order valence-electron chi connectivity index (χ2n) is 4.26. The van der Waals surface area contributed by atoms with Gasteiger partial charge in [-0.1, -0.05) is 19.8 Å². The summed E-state index contributed by atoms with van der Waals surface area (Å²) in [5.74, 6) is 0.917. The lowest BCUT2D eigenvalue weighted by Crippen LogP contribution is -2.38. The standard InChI is InChI=1S/C11H22N2O/c1-2-4-10(7-12)11(14)13-8-9-5-3-6-9/h9-10H,2-8,12H2,1H3,(H,13,14). The van der Waals surface area contributed by atoms with Gasteiger partial charge in [-0.15, -0.1) is 0 Å². The van der Waals surface area contributed by atoms with E-state index in [4.69, 9.17) is 5.73 Å². The minimum absolute atomic E-state index is 0.0278. The number of nitrogens with two attached hydrogens (primary N) is 1. The van der Waals surface area contributed by atoms with E-state index in [0.29, 0.717) is 6.54 Å². The van der Waals surface area contributed by atoms with E-state index < -0.39 is 0 Å². The first-order valence-electron chi connectivity index (χ1n) is 5.75. The van der Waals surface area contributed by atoms with Crippen LogP contribution >= 0.6 is 0 Å². The normalized spacial score (nSPS) is 18.7. The zero-order chi connectivity index (χ0) is 10.4. The van der Waals surface area contributed by atoms with Crippen molar-refractivity contribution in [2.24, 2.45) is 17.6 Å². The lowest BCUT2D eigenvalue weighted by atomic mass is 9.85. The van der Waals surface area contributed by atoms with Crippen molar-refractivity contribution >= 4 is 5.91 Å². The summed E-state index contributed by atoms with van der Waals surface area (Å²) in [4.78, 5) is 11.6. The van der Waals surface area contributed by atoms with Crippen LogP contribution in [0.5, 0.6) is 0 Å². The Kier molecular flexibility index (Phi) is 4.94. The van der Waals surface area contributed by atoms with E-state index in [1.807, 2.05) is 0 Å². The molecule has 0 saturated heterocycles. The van der Waals surface area contributed by atoms with Gasteiger partial charge in [-0.05, 0) is 25.2 Å². The molecule has 14 heavy (non-hydrogen) atoms. The average molecular weight is 198 g/mol. The molecule has 82 valence electrons. The van der Waals surface area contributed by atoms with Gasteiger partial charge in [-0.25, -0.2) is 0 Å². The molecule has 1 aliphatic carbocycles. The van der Waals surface area contributed by atoms with Crippen molar-refractivity contribution in [1.29, 1.82) is 0 Å². The highest BCUT2D eigenvalue weighted by molar-refractivity contribution is 5.78. The Bertz CT molecular complexity index is 178. The molecule has 3 nitrogen and oxygen atoms in total. The van der Waals surface area contributed by atoms with Crippen LogP contribution in [0.15, 0.2) is 0 Å². The monoisotopic (exact) mass is 198 g/mol. The molecule has 1 amide bonds. The Morgan fingerprint density at radius 2 is 2.29 bits per heavy atom. The quantitative estimate of drug-likeness (QED) is 0.675. The first-order chi connectivity index (χ1) is 6.77. The van der Waals surface area contributed by atoms with E-state index >= 15 is 0 Å². The number of rotatable bonds is 6. The summed E-state index contributed by atoms with van der Waals surface area (Å²) in [6, 6.07) is 0. The Morgan fingerprint density at radius 1 is 1.57 bits per heavy atom. The molecule has 1 atom stereocenters. The molecule has 0 heterocycles. The van der Waals surface area contributed by atoms with Gasteiger partial charge < -0.3 is 11.1 Å². The summed E-state index contributed by atoms with van der Waals surface area (Å²) >= 11 is 0. The van der Waals surface area contributed by atoms with E-state index in [9.17, 15) is 4.79 Å². The predicted octanol–water partition coefficient (Wildman–Crippen LogP) is 1.28. The molecule has 0 aromatic rings. The molecule has 1 rings (SSSR count). The second kappa shape index (κ2) is 6.02. The molecular formula is C11H22N2O. The van der Waals surface area contributed by atoms with Gasteiger partial charge in [-0.3, -0.25) is 4.79 Å². The highest BCUT2D eigenvalue weighted by Gasteiger charge is 2.20. The van der Waals surface area contributed by atoms with Crippen LogP contribution in [0.3, 0.4) is 0 Å². The van der Waals surface area contributed by atoms with Crippen molar-refractivity contribution in [3.63, 3.8) is 0 Å². The molecule has 3 N–H and O–H groups in total. The molecule has 1 saturated carbocycles. The van der Waals surface area contributed by atoms with E-state index in [1.165, 1.54) is 19.3 Å². The van der Waals surface area contributed by atoms with E-state index in [0.717, 1.165) is 25.3 Å². The number of hydrogen-bond donors (Lipinski definition) is 2. The zero-order valence-electron chi connectivity index (χ0n) is 9.09. The van der Waals surface area contributed by atoms with Crippen LogP contribution in [0.2, 0.25) is 0 Å².